The number of rotatable bonds is 2. The van der Waals surface area contributed by atoms with Crippen LogP contribution >= 0.6 is 0 Å². The summed E-state index contributed by atoms with van der Waals surface area (Å²) in [5, 5.41) is 5.27. The number of nitrogens with zero attached hydrogens (tertiary/aromatic N) is 2. The molecule has 1 heterocycles. The Hall–Kier alpha value is -2.04. The summed E-state index contributed by atoms with van der Waals surface area (Å²) in [5.41, 5.74) is 3.10. The van der Waals surface area contributed by atoms with Gasteiger partial charge in [0.2, 0.25) is 0 Å². The molecule has 0 aliphatic heterocycles. The highest BCUT2D eigenvalue weighted by Gasteiger charge is 2.05. The van der Waals surface area contributed by atoms with E-state index in [-0.39, 0.29) is 6.03 Å². The van der Waals surface area contributed by atoms with Crippen LogP contribution in [0.3, 0.4) is 0 Å². The molecule has 2 aromatic rings. The number of imidazole rings is 1. The maximum Gasteiger partial charge on any atom is 0.314 e. The third-order valence-electron chi connectivity index (χ3n) is 2.85. The van der Waals surface area contributed by atoms with Crippen molar-refractivity contribution in [1.82, 2.24) is 20.2 Å². The molecule has 0 radical (unpaired) electrons. The number of hydrogen-bond acceptors (Lipinski definition) is 2. The van der Waals surface area contributed by atoms with E-state index in [0.29, 0.717) is 6.54 Å². The zero-order valence-electron chi connectivity index (χ0n) is 10.2. The molecular formula is C12H16N4O. The highest BCUT2D eigenvalue weighted by atomic mass is 16.2. The Morgan fingerprint density at radius 1 is 1.47 bits per heavy atom. The molecule has 5 heteroatoms. The second-order valence-corrected chi connectivity index (χ2v) is 3.97. The number of carbonyl (C=O) groups excluding carboxylic acids is 1. The predicted octanol–water partition coefficient (Wildman–Crippen LogP) is 1.31. The maximum atomic E-state index is 11.1. The van der Waals surface area contributed by atoms with E-state index < -0.39 is 0 Å². The van der Waals surface area contributed by atoms with Gasteiger partial charge in [-0.3, -0.25) is 0 Å². The third-order valence-corrected chi connectivity index (χ3v) is 2.85. The second kappa shape index (κ2) is 4.45. The van der Waals surface area contributed by atoms with Gasteiger partial charge in [-0.05, 0) is 24.6 Å². The van der Waals surface area contributed by atoms with Crippen molar-refractivity contribution < 1.29 is 4.79 Å². The van der Waals surface area contributed by atoms with Crippen LogP contribution in [0, 0.1) is 6.92 Å². The normalized spacial score (nSPS) is 10.5. The zero-order valence-corrected chi connectivity index (χ0v) is 10.2. The molecule has 0 fully saturated rings. The first-order valence-electron chi connectivity index (χ1n) is 5.49. The lowest BCUT2D eigenvalue weighted by Crippen LogP contribution is -2.32. The molecule has 90 valence electrons. The molecule has 5 nitrogen and oxygen atoms in total. The summed E-state index contributed by atoms with van der Waals surface area (Å²) in [6, 6.07) is 5.84. The van der Waals surface area contributed by atoms with Crippen molar-refractivity contribution in [3.05, 3.63) is 29.6 Å². The van der Waals surface area contributed by atoms with Crippen molar-refractivity contribution in [3.63, 3.8) is 0 Å². The molecule has 2 rings (SSSR count). The number of amides is 2. The largest absolute Gasteiger partial charge is 0.341 e. The Bertz CT molecular complexity index is 559. The van der Waals surface area contributed by atoms with Crippen LogP contribution in [0.25, 0.3) is 11.0 Å². The number of aryl methyl sites for hydroxylation is 2. The summed E-state index contributed by atoms with van der Waals surface area (Å²) in [7, 11) is 3.59. The third kappa shape index (κ3) is 2.22. The standard InChI is InChI=1S/C12H16N4O/c1-8-15-10-6-9(7-14-12(17)13-2)4-5-11(10)16(8)3/h4-6H,7H2,1-3H3,(H2,13,14,17). The van der Waals surface area contributed by atoms with Crippen molar-refractivity contribution in [3.8, 4) is 0 Å². The van der Waals surface area contributed by atoms with E-state index in [1.807, 2.05) is 36.7 Å². The molecule has 0 bridgehead atoms. The lowest BCUT2D eigenvalue weighted by atomic mass is 10.2. The smallest absolute Gasteiger partial charge is 0.314 e. The zero-order chi connectivity index (χ0) is 12.4. The van der Waals surface area contributed by atoms with Crippen LogP contribution < -0.4 is 10.6 Å². The number of aromatic nitrogens is 2. The van der Waals surface area contributed by atoms with Gasteiger partial charge in [0.15, 0.2) is 0 Å². The van der Waals surface area contributed by atoms with Crippen molar-refractivity contribution in [2.75, 3.05) is 7.05 Å². The predicted molar refractivity (Wildman–Crippen MR) is 66.7 cm³/mol. The number of urea groups is 1. The molecule has 2 amide bonds. The molecule has 17 heavy (non-hydrogen) atoms. The molecule has 0 atom stereocenters. The summed E-state index contributed by atoms with van der Waals surface area (Å²) in [6.07, 6.45) is 0. The van der Waals surface area contributed by atoms with Gasteiger partial charge >= 0.3 is 6.03 Å². The number of carbonyl (C=O) groups is 1. The van der Waals surface area contributed by atoms with Crippen LogP contribution in [0.2, 0.25) is 0 Å². The summed E-state index contributed by atoms with van der Waals surface area (Å²) < 4.78 is 2.05. The van der Waals surface area contributed by atoms with E-state index in [1.54, 1.807) is 7.05 Å². The molecule has 0 spiro atoms. The van der Waals surface area contributed by atoms with E-state index in [4.69, 9.17) is 0 Å². The first-order valence-corrected chi connectivity index (χ1v) is 5.49. The first-order chi connectivity index (χ1) is 8.11. The van der Waals surface area contributed by atoms with E-state index in [1.165, 1.54) is 0 Å². The molecule has 0 aliphatic carbocycles. The molecule has 0 unspecified atom stereocenters. The van der Waals surface area contributed by atoms with Gasteiger partial charge in [-0.25, -0.2) is 9.78 Å². The SMILES string of the molecule is CNC(=O)NCc1ccc2c(c1)nc(C)n2C. The highest BCUT2D eigenvalue weighted by molar-refractivity contribution is 5.77. The van der Waals surface area contributed by atoms with Crippen molar-refractivity contribution >= 4 is 17.1 Å². The number of nitrogens with one attached hydrogen (secondary N) is 2. The fraction of sp³-hybridized carbons (Fsp3) is 0.333. The Morgan fingerprint density at radius 2 is 2.24 bits per heavy atom. The summed E-state index contributed by atoms with van der Waals surface area (Å²) in [5.74, 6) is 0.983. The van der Waals surface area contributed by atoms with E-state index in [9.17, 15) is 4.79 Å². The summed E-state index contributed by atoms with van der Waals surface area (Å²) >= 11 is 0. The molecule has 1 aromatic carbocycles. The van der Waals surface area contributed by atoms with Crippen LogP contribution in [0.15, 0.2) is 18.2 Å². The Kier molecular flexibility index (Phi) is 2.99. The highest BCUT2D eigenvalue weighted by Crippen LogP contribution is 2.16. The number of benzene rings is 1. The van der Waals surface area contributed by atoms with Crippen molar-refractivity contribution in [1.29, 1.82) is 0 Å². The molecule has 0 saturated carbocycles. The monoisotopic (exact) mass is 232 g/mol. The van der Waals surface area contributed by atoms with Gasteiger partial charge in [0.05, 0.1) is 11.0 Å². The van der Waals surface area contributed by atoms with Gasteiger partial charge in [0.25, 0.3) is 0 Å². The van der Waals surface area contributed by atoms with Crippen molar-refractivity contribution in [2.45, 2.75) is 13.5 Å². The van der Waals surface area contributed by atoms with Gasteiger partial charge < -0.3 is 15.2 Å². The molecule has 2 N–H and O–H groups in total. The van der Waals surface area contributed by atoms with Gasteiger partial charge in [0.1, 0.15) is 5.82 Å². The van der Waals surface area contributed by atoms with Crippen LogP contribution in [0.5, 0.6) is 0 Å². The number of fused-ring (bicyclic) bond motifs is 1. The minimum absolute atomic E-state index is 0.178. The lowest BCUT2D eigenvalue weighted by molar-refractivity contribution is 0.242. The Morgan fingerprint density at radius 3 is 2.94 bits per heavy atom. The molecule has 0 aliphatic rings. The van der Waals surface area contributed by atoms with Gasteiger partial charge in [-0.2, -0.15) is 0 Å². The summed E-state index contributed by atoms with van der Waals surface area (Å²) in [6.45, 7) is 2.48. The van der Waals surface area contributed by atoms with E-state index >= 15 is 0 Å². The second-order valence-electron chi connectivity index (χ2n) is 3.97. The van der Waals surface area contributed by atoms with Crippen LogP contribution in [0.4, 0.5) is 4.79 Å². The minimum Gasteiger partial charge on any atom is -0.341 e. The first kappa shape index (κ1) is 11.4. The van der Waals surface area contributed by atoms with Gasteiger partial charge in [-0.15, -0.1) is 0 Å². The maximum absolute atomic E-state index is 11.1. The Balaban J connectivity index is 2.23. The van der Waals surface area contributed by atoms with Crippen LogP contribution in [-0.4, -0.2) is 22.6 Å². The topological polar surface area (TPSA) is 59.0 Å². The molecule has 0 saturated heterocycles. The van der Waals surface area contributed by atoms with Crippen LogP contribution in [-0.2, 0) is 13.6 Å². The minimum atomic E-state index is -0.178. The average Bonchev–Trinajstić information content (AvgIpc) is 2.62. The average molecular weight is 232 g/mol. The molecule has 1 aromatic heterocycles. The van der Waals surface area contributed by atoms with Crippen molar-refractivity contribution in [2.24, 2.45) is 7.05 Å². The number of hydrogen-bond donors (Lipinski definition) is 2. The van der Waals surface area contributed by atoms with E-state index in [2.05, 4.69) is 15.6 Å². The quantitative estimate of drug-likeness (QED) is 0.820. The Labute approximate surface area is 99.8 Å². The fourth-order valence-electron chi connectivity index (χ4n) is 1.75. The van der Waals surface area contributed by atoms with Gasteiger partial charge in [0, 0.05) is 20.6 Å². The summed E-state index contributed by atoms with van der Waals surface area (Å²) in [4.78, 5) is 15.5. The molecular weight excluding hydrogens is 216 g/mol. The lowest BCUT2D eigenvalue weighted by Gasteiger charge is -2.04. The fourth-order valence-corrected chi connectivity index (χ4v) is 1.75. The van der Waals surface area contributed by atoms with Crippen LogP contribution in [0.1, 0.15) is 11.4 Å². The van der Waals surface area contributed by atoms with Gasteiger partial charge in [-0.1, -0.05) is 6.07 Å². The van der Waals surface area contributed by atoms with E-state index in [0.717, 1.165) is 22.4 Å².